The number of ether oxygens (including phenoxy) is 2. The van der Waals surface area contributed by atoms with E-state index in [-0.39, 0.29) is 16.2 Å². The molecule has 0 saturated carbocycles. The van der Waals surface area contributed by atoms with Gasteiger partial charge in [0, 0.05) is 25.8 Å². The molecule has 0 saturated heterocycles. The average molecular weight is 410 g/mol. The van der Waals surface area contributed by atoms with Crippen LogP contribution in [0.25, 0.3) is 0 Å². The Morgan fingerprint density at radius 3 is 2.29 bits per heavy atom. The number of hydrogen-bond acceptors (Lipinski definition) is 6. The Bertz CT molecular complexity index is 974. The summed E-state index contributed by atoms with van der Waals surface area (Å²) in [6, 6.07) is 9.09. The molecular formula is C18H19FN2O6S. The van der Waals surface area contributed by atoms with Crippen LogP contribution in [0.1, 0.15) is 10.4 Å². The third kappa shape index (κ3) is 5.05. The SMILES string of the molecule is COc1ccc(C(=O)OCC(=O)Nc2ccc(S(=O)(=O)N(C)C)cc2)c(F)c1. The summed E-state index contributed by atoms with van der Waals surface area (Å²) in [4.78, 5) is 23.8. The van der Waals surface area contributed by atoms with Crippen molar-refractivity contribution in [2.75, 3.05) is 33.1 Å². The van der Waals surface area contributed by atoms with Crippen LogP contribution in [0.15, 0.2) is 47.4 Å². The average Bonchev–Trinajstić information content (AvgIpc) is 2.66. The fraction of sp³-hybridized carbons (Fsp3) is 0.222. The monoisotopic (exact) mass is 410 g/mol. The van der Waals surface area contributed by atoms with Crippen LogP contribution in [0.5, 0.6) is 5.75 Å². The number of carbonyl (C=O) groups excluding carboxylic acids is 2. The largest absolute Gasteiger partial charge is 0.497 e. The Kier molecular flexibility index (Phi) is 6.71. The minimum Gasteiger partial charge on any atom is -0.497 e. The van der Waals surface area contributed by atoms with Crippen LogP contribution in [0.2, 0.25) is 0 Å². The lowest BCUT2D eigenvalue weighted by molar-refractivity contribution is -0.119. The van der Waals surface area contributed by atoms with E-state index in [9.17, 15) is 22.4 Å². The Hall–Kier alpha value is -2.98. The quantitative estimate of drug-likeness (QED) is 0.700. The second kappa shape index (κ2) is 8.81. The molecule has 0 fully saturated rings. The summed E-state index contributed by atoms with van der Waals surface area (Å²) < 4.78 is 48.5. The normalized spacial score (nSPS) is 11.2. The van der Waals surface area contributed by atoms with Crippen molar-refractivity contribution >= 4 is 27.6 Å². The first kappa shape index (κ1) is 21.3. The topological polar surface area (TPSA) is 102 Å². The molecule has 0 aliphatic rings. The molecule has 0 aromatic heterocycles. The molecule has 1 amide bonds. The molecule has 2 aromatic carbocycles. The van der Waals surface area contributed by atoms with E-state index in [0.29, 0.717) is 5.69 Å². The van der Waals surface area contributed by atoms with Gasteiger partial charge in [-0.1, -0.05) is 0 Å². The molecule has 0 unspecified atom stereocenters. The minimum atomic E-state index is -3.58. The molecule has 28 heavy (non-hydrogen) atoms. The van der Waals surface area contributed by atoms with Gasteiger partial charge in [-0.05, 0) is 36.4 Å². The van der Waals surface area contributed by atoms with E-state index in [1.807, 2.05) is 0 Å². The lowest BCUT2D eigenvalue weighted by Crippen LogP contribution is -2.23. The molecule has 0 spiro atoms. The predicted octanol–water partition coefficient (Wildman–Crippen LogP) is 1.88. The van der Waals surface area contributed by atoms with Gasteiger partial charge in [0.25, 0.3) is 5.91 Å². The summed E-state index contributed by atoms with van der Waals surface area (Å²) in [5.41, 5.74) is -0.0128. The molecule has 0 atom stereocenters. The van der Waals surface area contributed by atoms with Gasteiger partial charge in [-0.3, -0.25) is 4.79 Å². The Labute approximate surface area is 161 Å². The van der Waals surface area contributed by atoms with Crippen LogP contribution >= 0.6 is 0 Å². The van der Waals surface area contributed by atoms with Gasteiger partial charge in [-0.25, -0.2) is 21.9 Å². The molecule has 1 N–H and O–H groups in total. The molecule has 10 heteroatoms. The van der Waals surface area contributed by atoms with Gasteiger partial charge in [0.15, 0.2) is 6.61 Å². The number of anilines is 1. The van der Waals surface area contributed by atoms with Crippen LogP contribution in [0.4, 0.5) is 10.1 Å². The zero-order valence-corrected chi connectivity index (χ0v) is 16.2. The van der Waals surface area contributed by atoms with Crippen molar-refractivity contribution < 1.29 is 31.9 Å². The summed E-state index contributed by atoms with van der Waals surface area (Å²) in [7, 11) is 0.600. The maximum absolute atomic E-state index is 13.8. The van der Waals surface area contributed by atoms with E-state index in [2.05, 4.69) is 5.32 Å². The summed E-state index contributed by atoms with van der Waals surface area (Å²) >= 11 is 0. The number of nitrogens with one attached hydrogen (secondary N) is 1. The summed E-state index contributed by atoms with van der Waals surface area (Å²) in [6.45, 7) is -0.637. The maximum atomic E-state index is 13.8. The van der Waals surface area contributed by atoms with Gasteiger partial charge in [-0.15, -0.1) is 0 Å². The van der Waals surface area contributed by atoms with Crippen LogP contribution in [0.3, 0.4) is 0 Å². The summed E-state index contributed by atoms with van der Waals surface area (Å²) in [5.74, 6) is -2.25. The van der Waals surface area contributed by atoms with Gasteiger partial charge >= 0.3 is 5.97 Å². The molecule has 0 heterocycles. The third-order valence-corrected chi connectivity index (χ3v) is 5.48. The van der Waals surface area contributed by atoms with Gasteiger partial charge in [0.1, 0.15) is 11.6 Å². The second-order valence-corrected chi connectivity index (χ2v) is 7.93. The lowest BCUT2D eigenvalue weighted by atomic mass is 10.2. The standard InChI is InChI=1S/C18H19FN2O6S/c1-21(2)28(24,25)14-7-4-12(5-8-14)20-17(22)11-27-18(23)15-9-6-13(26-3)10-16(15)19/h4-10H,11H2,1-3H3,(H,20,22). The molecule has 2 aromatic rings. The number of rotatable bonds is 7. The van der Waals surface area contributed by atoms with E-state index in [0.717, 1.165) is 10.4 Å². The van der Waals surface area contributed by atoms with E-state index >= 15 is 0 Å². The van der Waals surface area contributed by atoms with Crippen molar-refractivity contribution in [3.63, 3.8) is 0 Å². The van der Waals surface area contributed by atoms with Crippen molar-refractivity contribution in [3.05, 3.63) is 53.8 Å². The van der Waals surface area contributed by atoms with Gasteiger partial charge in [-0.2, -0.15) is 0 Å². The number of amides is 1. The third-order valence-electron chi connectivity index (χ3n) is 3.65. The summed E-state index contributed by atoms with van der Waals surface area (Å²) in [6.07, 6.45) is 0. The molecular weight excluding hydrogens is 391 g/mol. The first-order chi connectivity index (χ1) is 13.1. The zero-order chi connectivity index (χ0) is 20.9. The second-order valence-electron chi connectivity index (χ2n) is 5.78. The maximum Gasteiger partial charge on any atom is 0.341 e. The Balaban J connectivity index is 1.95. The van der Waals surface area contributed by atoms with E-state index in [1.165, 1.54) is 57.6 Å². The number of benzene rings is 2. The van der Waals surface area contributed by atoms with E-state index in [1.54, 1.807) is 0 Å². The number of esters is 1. The Morgan fingerprint density at radius 1 is 1.11 bits per heavy atom. The van der Waals surface area contributed by atoms with Crippen molar-refractivity contribution in [1.29, 1.82) is 0 Å². The smallest absolute Gasteiger partial charge is 0.341 e. The number of carbonyl (C=O) groups is 2. The van der Waals surface area contributed by atoms with Crippen LogP contribution in [0, 0.1) is 5.82 Å². The van der Waals surface area contributed by atoms with Gasteiger partial charge in [0.05, 0.1) is 17.6 Å². The van der Waals surface area contributed by atoms with Crippen LogP contribution in [-0.4, -0.2) is 52.4 Å². The summed E-state index contributed by atoms with van der Waals surface area (Å²) in [5, 5.41) is 2.45. The predicted molar refractivity (Wildman–Crippen MR) is 99.2 cm³/mol. The highest BCUT2D eigenvalue weighted by molar-refractivity contribution is 7.89. The highest BCUT2D eigenvalue weighted by Gasteiger charge is 2.18. The van der Waals surface area contributed by atoms with Crippen molar-refractivity contribution in [2.45, 2.75) is 4.90 Å². The minimum absolute atomic E-state index is 0.0666. The van der Waals surface area contributed by atoms with E-state index < -0.39 is 34.3 Å². The lowest BCUT2D eigenvalue weighted by Gasteiger charge is -2.12. The molecule has 0 aliphatic carbocycles. The number of nitrogens with zero attached hydrogens (tertiary/aromatic N) is 1. The molecule has 8 nitrogen and oxygen atoms in total. The number of hydrogen-bond donors (Lipinski definition) is 1. The van der Waals surface area contributed by atoms with E-state index in [4.69, 9.17) is 9.47 Å². The first-order valence-corrected chi connectivity index (χ1v) is 9.42. The van der Waals surface area contributed by atoms with Gasteiger partial charge < -0.3 is 14.8 Å². The molecule has 0 radical (unpaired) electrons. The van der Waals surface area contributed by atoms with Crippen molar-refractivity contribution in [1.82, 2.24) is 4.31 Å². The fourth-order valence-corrected chi connectivity index (χ4v) is 3.02. The first-order valence-electron chi connectivity index (χ1n) is 7.98. The van der Waals surface area contributed by atoms with Crippen LogP contribution in [-0.2, 0) is 19.6 Å². The number of sulfonamides is 1. The fourth-order valence-electron chi connectivity index (χ4n) is 2.12. The van der Waals surface area contributed by atoms with Crippen molar-refractivity contribution in [3.8, 4) is 5.75 Å². The molecule has 0 aliphatic heterocycles. The molecule has 2 rings (SSSR count). The highest BCUT2D eigenvalue weighted by atomic mass is 32.2. The Morgan fingerprint density at radius 2 is 1.75 bits per heavy atom. The number of halogens is 1. The number of methoxy groups -OCH3 is 1. The van der Waals surface area contributed by atoms with Crippen molar-refractivity contribution in [2.24, 2.45) is 0 Å². The molecule has 150 valence electrons. The highest BCUT2D eigenvalue weighted by Crippen LogP contribution is 2.18. The molecule has 0 bridgehead atoms. The van der Waals surface area contributed by atoms with Crippen LogP contribution < -0.4 is 10.1 Å². The van der Waals surface area contributed by atoms with Gasteiger partial charge in [0.2, 0.25) is 10.0 Å². The zero-order valence-electron chi connectivity index (χ0n) is 15.4.